The molecule has 3 atom stereocenters. The van der Waals surface area contributed by atoms with E-state index in [0.717, 1.165) is 21.8 Å². The number of carbonyl (C=O) groups is 3. The van der Waals surface area contributed by atoms with Gasteiger partial charge < -0.3 is 9.64 Å². The molecule has 0 radical (unpaired) electrons. The quantitative estimate of drug-likeness (QED) is 0.459. The van der Waals surface area contributed by atoms with Crippen molar-refractivity contribution >= 4 is 58.1 Å². The molecule has 0 bridgehead atoms. The van der Waals surface area contributed by atoms with Crippen molar-refractivity contribution in [2.75, 3.05) is 31.2 Å². The lowest BCUT2D eigenvalue weighted by Gasteiger charge is -2.31. The molecule has 0 saturated carbocycles. The molecule has 2 unspecified atom stereocenters. The van der Waals surface area contributed by atoms with E-state index in [-0.39, 0.29) is 29.1 Å². The van der Waals surface area contributed by atoms with Gasteiger partial charge in [-0.1, -0.05) is 65.0 Å². The van der Waals surface area contributed by atoms with Crippen LogP contribution >= 0.6 is 34.7 Å². The molecule has 37 heavy (non-hydrogen) atoms. The molecular weight excluding hydrogens is 534 g/mol. The van der Waals surface area contributed by atoms with Crippen LogP contribution in [0, 0.1) is 5.92 Å². The van der Waals surface area contributed by atoms with Crippen molar-refractivity contribution < 1.29 is 19.1 Å². The summed E-state index contributed by atoms with van der Waals surface area (Å²) in [5, 5.41) is 0.373. The van der Waals surface area contributed by atoms with Gasteiger partial charge in [-0.15, -0.1) is 0 Å². The number of imide groups is 1. The van der Waals surface area contributed by atoms with E-state index in [2.05, 4.69) is 0 Å². The maximum atomic E-state index is 13.8. The number of thiazole rings is 1. The third-order valence-corrected chi connectivity index (χ3v) is 9.81. The van der Waals surface area contributed by atoms with Gasteiger partial charge in [-0.2, -0.15) is 0 Å². The Balaban J connectivity index is 1.42. The maximum absolute atomic E-state index is 13.8. The molecule has 3 aliphatic rings. The number of rotatable bonds is 4. The van der Waals surface area contributed by atoms with Crippen LogP contribution in [0.15, 0.2) is 64.4 Å². The first-order chi connectivity index (χ1) is 17.9. The highest BCUT2D eigenvalue weighted by atomic mass is 35.5. The summed E-state index contributed by atoms with van der Waals surface area (Å²) in [6.45, 7) is 1.78. The molecule has 0 aliphatic carbocycles. The molecule has 1 aromatic heterocycles. The third kappa shape index (κ3) is 4.21. The molecule has 0 spiro atoms. The number of hydrogen-bond donors (Lipinski definition) is 0. The van der Waals surface area contributed by atoms with Crippen LogP contribution in [0.3, 0.4) is 0 Å². The Morgan fingerprint density at radius 2 is 1.68 bits per heavy atom. The molecule has 4 heterocycles. The minimum atomic E-state index is -0.723. The van der Waals surface area contributed by atoms with Gasteiger partial charge in [0.25, 0.3) is 0 Å². The number of hydrogen-bond acceptors (Lipinski definition) is 7. The lowest BCUT2D eigenvalue weighted by atomic mass is 9.83. The predicted octanol–water partition coefficient (Wildman–Crippen LogP) is 3.22. The molecule has 190 valence electrons. The van der Waals surface area contributed by atoms with Crippen molar-refractivity contribution in [2.45, 2.75) is 22.7 Å². The first kappa shape index (κ1) is 24.4. The summed E-state index contributed by atoms with van der Waals surface area (Å²) in [6.07, 6.45) is 0. The summed E-state index contributed by atoms with van der Waals surface area (Å²) in [4.78, 5) is 57.1. The highest BCUT2D eigenvalue weighted by molar-refractivity contribution is 8.00. The van der Waals surface area contributed by atoms with Crippen LogP contribution in [0.25, 0.3) is 0 Å². The topological polar surface area (TPSA) is 88.9 Å². The van der Waals surface area contributed by atoms with Crippen molar-refractivity contribution in [3.8, 4) is 0 Å². The summed E-state index contributed by atoms with van der Waals surface area (Å²) in [7, 11) is 0. The number of fused-ring (bicyclic) bond motifs is 2. The van der Waals surface area contributed by atoms with Crippen LogP contribution in [0.2, 0.25) is 5.02 Å². The highest BCUT2D eigenvalue weighted by Gasteiger charge is 2.56. The Morgan fingerprint density at radius 1 is 0.973 bits per heavy atom. The van der Waals surface area contributed by atoms with Crippen LogP contribution in [0.4, 0.5) is 5.69 Å². The minimum absolute atomic E-state index is 0.112. The molecular formula is C26H22ClN3O5S2. The molecule has 8 nitrogen and oxygen atoms in total. The fraction of sp³-hybridized carbons (Fsp3) is 0.308. The van der Waals surface area contributed by atoms with Gasteiger partial charge in [0.2, 0.25) is 17.7 Å². The number of ether oxygens (including phenoxy) is 1. The standard InChI is InChI=1S/C26H22ClN3O5S2/c27-16-6-8-17(9-7-16)30-23(32)20-19(15-4-2-1-3-5-15)22-25(36-21(20)24(30)33)29(26(34)37-22)14-18(31)28-10-12-35-13-11-28/h1-9,19-21H,10-14H2/t19-,20?,21?/m0/s1. The Morgan fingerprint density at radius 3 is 2.38 bits per heavy atom. The molecule has 2 saturated heterocycles. The van der Waals surface area contributed by atoms with E-state index < -0.39 is 17.1 Å². The Hall–Kier alpha value is -2.92. The number of aromatic nitrogens is 1. The summed E-state index contributed by atoms with van der Waals surface area (Å²) >= 11 is 8.30. The van der Waals surface area contributed by atoms with E-state index >= 15 is 0 Å². The van der Waals surface area contributed by atoms with Gasteiger partial charge in [0, 0.05) is 28.9 Å². The van der Waals surface area contributed by atoms with Gasteiger partial charge in [-0.3, -0.25) is 23.7 Å². The van der Waals surface area contributed by atoms with Gasteiger partial charge in [0.15, 0.2) is 0 Å². The molecule has 3 aliphatic heterocycles. The summed E-state index contributed by atoms with van der Waals surface area (Å²) in [5.41, 5.74) is 1.32. The van der Waals surface area contributed by atoms with Gasteiger partial charge >= 0.3 is 4.87 Å². The summed E-state index contributed by atoms with van der Waals surface area (Å²) in [6, 6.07) is 16.1. The normalized spacial score (nSPS) is 23.2. The average molecular weight is 556 g/mol. The molecule has 3 aromatic rings. The van der Waals surface area contributed by atoms with E-state index in [1.807, 2.05) is 30.3 Å². The zero-order chi connectivity index (χ0) is 25.7. The first-order valence-corrected chi connectivity index (χ1v) is 14.0. The van der Waals surface area contributed by atoms with Gasteiger partial charge in [0.05, 0.1) is 29.8 Å². The Bertz CT molecular complexity index is 1430. The number of benzene rings is 2. The molecule has 2 fully saturated rings. The first-order valence-electron chi connectivity index (χ1n) is 11.9. The fourth-order valence-electron chi connectivity index (χ4n) is 5.17. The smallest absolute Gasteiger partial charge is 0.308 e. The lowest BCUT2D eigenvalue weighted by molar-refractivity contribution is -0.136. The van der Waals surface area contributed by atoms with E-state index in [1.165, 1.54) is 21.2 Å². The minimum Gasteiger partial charge on any atom is -0.378 e. The van der Waals surface area contributed by atoms with Crippen LogP contribution in [-0.4, -0.2) is 58.7 Å². The summed E-state index contributed by atoms with van der Waals surface area (Å²) < 4.78 is 6.81. The molecule has 2 aromatic carbocycles. The van der Waals surface area contributed by atoms with Gasteiger partial charge in [-0.05, 0) is 29.8 Å². The van der Waals surface area contributed by atoms with Crippen LogP contribution < -0.4 is 9.77 Å². The molecule has 6 rings (SSSR count). The van der Waals surface area contributed by atoms with E-state index in [1.54, 1.807) is 29.2 Å². The van der Waals surface area contributed by atoms with E-state index in [4.69, 9.17) is 16.3 Å². The number of morpholine rings is 1. The SMILES string of the molecule is O=C(Cn1c2c(sc1=O)[C@@H](c1ccccc1)C1C(=O)N(c3ccc(Cl)cc3)C(=O)C1S2)N1CCOCC1. The zero-order valence-corrected chi connectivity index (χ0v) is 21.9. The number of anilines is 1. The van der Waals surface area contributed by atoms with Crippen LogP contribution in [0.5, 0.6) is 0 Å². The second kappa shape index (κ2) is 9.75. The third-order valence-electron chi connectivity index (χ3n) is 6.95. The lowest BCUT2D eigenvalue weighted by Crippen LogP contribution is -2.43. The molecule has 3 amide bonds. The van der Waals surface area contributed by atoms with Crippen molar-refractivity contribution in [3.05, 3.63) is 79.7 Å². The predicted molar refractivity (Wildman–Crippen MR) is 141 cm³/mol. The van der Waals surface area contributed by atoms with Crippen LogP contribution in [0.1, 0.15) is 16.4 Å². The number of halogens is 1. The fourth-order valence-corrected chi connectivity index (χ4v) is 8.07. The molecule has 0 N–H and O–H groups in total. The second-order valence-corrected chi connectivity index (χ2v) is 11.6. The zero-order valence-electron chi connectivity index (χ0n) is 19.5. The van der Waals surface area contributed by atoms with E-state index in [0.29, 0.717) is 42.0 Å². The van der Waals surface area contributed by atoms with Crippen molar-refractivity contribution in [1.29, 1.82) is 0 Å². The van der Waals surface area contributed by atoms with E-state index in [9.17, 15) is 19.2 Å². The summed E-state index contributed by atoms with van der Waals surface area (Å²) in [5.74, 6) is -1.96. The number of carbonyl (C=O) groups excluding carboxylic acids is 3. The van der Waals surface area contributed by atoms with Crippen molar-refractivity contribution in [2.24, 2.45) is 5.92 Å². The van der Waals surface area contributed by atoms with Crippen molar-refractivity contribution in [3.63, 3.8) is 0 Å². The monoisotopic (exact) mass is 555 g/mol. The largest absolute Gasteiger partial charge is 0.378 e. The maximum Gasteiger partial charge on any atom is 0.308 e. The van der Waals surface area contributed by atoms with Crippen LogP contribution in [-0.2, 0) is 25.7 Å². The Kier molecular flexibility index (Phi) is 6.44. The number of nitrogens with zero attached hydrogens (tertiary/aromatic N) is 3. The molecule has 11 heteroatoms. The number of amides is 3. The highest BCUT2D eigenvalue weighted by Crippen LogP contribution is 2.53. The second-order valence-electron chi connectivity index (χ2n) is 9.06. The van der Waals surface area contributed by atoms with Crippen molar-refractivity contribution in [1.82, 2.24) is 9.47 Å². The van der Waals surface area contributed by atoms with Gasteiger partial charge in [-0.25, -0.2) is 4.90 Å². The number of thioether (sulfide) groups is 1. The Labute approximate surface area is 225 Å². The average Bonchev–Trinajstić information content (AvgIpc) is 3.36. The van der Waals surface area contributed by atoms with Gasteiger partial charge in [0.1, 0.15) is 11.8 Å².